The van der Waals surface area contributed by atoms with Gasteiger partial charge in [0.15, 0.2) is 11.5 Å². The highest BCUT2D eigenvalue weighted by Gasteiger charge is 2.16. The van der Waals surface area contributed by atoms with E-state index in [1.54, 1.807) is 0 Å². The average Bonchev–Trinajstić information content (AvgIpc) is 2.97. The van der Waals surface area contributed by atoms with Gasteiger partial charge in [-0.3, -0.25) is 0 Å². The molecule has 1 heterocycles. The lowest BCUT2D eigenvalue weighted by Crippen LogP contribution is -2.08. The molecule has 21 heavy (non-hydrogen) atoms. The van der Waals surface area contributed by atoms with Crippen LogP contribution in [0.15, 0.2) is 18.2 Å². The monoisotopic (exact) mass is 294 g/mol. The number of hydrogen-bond acceptors (Lipinski definition) is 4. The Morgan fingerprint density at radius 3 is 2.71 bits per heavy atom. The fraction of sp³-hybridized carbons (Fsp3) is 0.647. The lowest BCUT2D eigenvalue weighted by molar-refractivity contribution is 0.0343. The molecule has 0 aliphatic carbocycles. The Kier molecular flexibility index (Phi) is 6.83. The molecule has 0 fully saturated rings. The van der Waals surface area contributed by atoms with Gasteiger partial charge in [-0.2, -0.15) is 0 Å². The molecule has 4 nitrogen and oxygen atoms in total. The Balaban J connectivity index is 1.60. The van der Waals surface area contributed by atoms with Crippen molar-refractivity contribution < 1.29 is 19.3 Å². The fourth-order valence-corrected chi connectivity index (χ4v) is 2.40. The number of aliphatic hydroxyl groups excluding tert-OH is 1. The smallest absolute Gasteiger partial charge is 0.231 e. The van der Waals surface area contributed by atoms with Gasteiger partial charge < -0.3 is 19.3 Å². The van der Waals surface area contributed by atoms with Gasteiger partial charge in [-0.15, -0.1) is 0 Å². The molecule has 4 heteroatoms. The molecule has 0 saturated carbocycles. The molecule has 1 aliphatic rings. The van der Waals surface area contributed by atoms with E-state index in [2.05, 4.69) is 6.92 Å². The normalized spacial score (nSPS) is 14.4. The molecule has 1 atom stereocenters. The first-order valence-corrected chi connectivity index (χ1v) is 7.96. The SMILES string of the molecule is CCCCCCCCOCC(O)c1ccc2c(c1)OCO2. The van der Waals surface area contributed by atoms with Gasteiger partial charge >= 0.3 is 0 Å². The second-order valence-electron chi connectivity index (χ2n) is 5.47. The first-order valence-electron chi connectivity index (χ1n) is 7.96. The highest BCUT2D eigenvalue weighted by molar-refractivity contribution is 5.45. The standard InChI is InChI=1S/C17H26O4/c1-2-3-4-5-6-7-10-19-12-15(18)14-8-9-16-17(11-14)21-13-20-16/h8-9,11,15,18H,2-7,10,12-13H2,1H3. The number of ether oxygens (including phenoxy) is 3. The Morgan fingerprint density at radius 1 is 1.10 bits per heavy atom. The van der Waals surface area contributed by atoms with E-state index in [9.17, 15) is 5.11 Å². The van der Waals surface area contributed by atoms with Gasteiger partial charge in [0.2, 0.25) is 6.79 Å². The van der Waals surface area contributed by atoms with Crippen LogP contribution in [0.3, 0.4) is 0 Å². The minimum atomic E-state index is -0.611. The van der Waals surface area contributed by atoms with Crippen molar-refractivity contribution in [3.05, 3.63) is 23.8 Å². The number of fused-ring (bicyclic) bond motifs is 1. The van der Waals surface area contributed by atoms with Crippen LogP contribution in [0.4, 0.5) is 0 Å². The summed E-state index contributed by atoms with van der Waals surface area (Å²) in [6.45, 7) is 3.52. The van der Waals surface area contributed by atoms with Crippen LogP contribution in [0, 0.1) is 0 Å². The number of unbranched alkanes of at least 4 members (excludes halogenated alkanes) is 5. The van der Waals surface area contributed by atoms with Crippen LogP contribution >= 0.6 is 0 Å². The van der Waals surface area contributed by atoms with Gasteiger partial charge in [0.05, 0.1) is 6.61 Å². The van der Waals surface area contributed by atoms with Crippen molar-refractivity contribution in [2.24, 2.45) is 0 Å². The summed E-state index contributed by atoms with van der Waals surface area (Å²) < 4.78 is 16.1. The molecule has 0 aromatic heterocycles. The van der Waals surface area contributed by atoms with Crippen molar-refractivity contribution in [3.8, 4) is 11.5 Å². The maximum Gasteiger partial charge on any atom is 0.231 e. The molecular formula is C17H26O4. The predicted molar refractivity (Wildman–Crippen MR) is 81.7 cm³/mol. The zero-order valence-electron chi connectivity index (χ0n) is 12.8. The van der Waals surface area contributed by atoms with Crippen molar-refractivity contribution in [1.82, 2.24) is 0 Å². The lowest BCUT2D eigenvalue weighted by Gasteiger charge is -2.12. The van der Waals surface area contributed by atoms with Crippen molar-refractivity contribution in [2.75, 3.05) is 20.0 Å². The van der Waals surface area contributed by atoms with Crippen molar-refractivity contribution in [1.29, 1.82) is 0 Å². The van der Waals surface area contributed by atoms with Crippen LogP contribution in [0.25, 0.3) is 0 Å². The highest BCUT2D eigenvalue weighted by Crippen LogP contribution is 2.34. The number of benzene rings is 1. The van der Waals surface area contributed by atoms with Gasteiger partial charge in [0.1, 0.15) is 6.10 Å². The Hall–Kier alpha value is -1.26. The van der Waals surface area contributed by atoms with E-state index in [-0.39, 0.29) is 6.79 Å². The zero-order valence-corrected chi connectivity index (χ0v) is 12.8. The summed E-state index contributed by atoms with van der Waals surface area (Å²) in [7, 11) is 0. The Labute approximate surface area is 127 Å². The molecule has 0 spiro atoms. The van der Waals surface area contributed by atoms with Crippen LogP contribution in [0.2, 0.25) is 0 Å². The number of rotatable bonds is 10. The predicted octanol–water partition coefficient (Wildman–Crippen LogP) is 3.83. The molecule has 0 bridgehead atoms. The van der Waals surface area contributed by atoms with Gasteiger partial charge in [-0.05, 0) is 24.1 Å². The van der Waals surface area contributed by atoms with E-state index >= 15 is 0 Å². The maximum absolute atomic E-state index is 10.1. The van der Waals surface area contributed by atoms with E-state index in [4.69, 9.17) is 14.2 Å². The maximum atomic E-state index is 10.1. The second kappa shape index (κ2) is 8.90. The first kappa shape index (κ1) is 16.1. The molecule has 0 amide bonds. The molecule has 2 rings (SSSR count). The summed E-state index contributed by atoms with van der Waals surface area (Å²) in [6, 6.07) is 5.50. The Bertz CT molecular complexity index is 419. The van der Waals surface area contributed by atoms with Crippen molar-refractivity contribution in [2.45, 2.75) is 51.6 Å². The first-order chi connectivity index (χ1) is 10.3. The van der Waals surface area contributed by atoms with Crippen LogP contribution in [0.1, 0.15) is 57.1 Å². The quantitative estimate of drug-likeness (QED) is 0.666. The van der Waals surface area contributed by atoms with E-state index in [1.165, 1.54) is 32.1 Å². The highest BCUT2D eigenvalue weighted by atomic mass is 16.7. The average molecular weight is 294 g/mol. The minimum absolute atomic E-state index is 0.253. The minimum Gasteiger partial charge on any atom is -0.454 e. The molecule has 0 saturated heterocycles. The largest absolute Gasteiger partial charge is 0.454 e. The second-order valence-corrected chi connectivity index (χ2v) is 5.47. The van der Waals surface area contributed by atoms with Crippen molar-refractivity contribution in [3.63, 3.8) is 0 Å². The molecule has 118 valence electrons. The molecule has 1 unspecified atom stereocenters. The van der Waals surface area contributed by atoms with E-state index in [1.807, 2.05) is 18.2 Å². The van der Waals surface area contributed by atoms with Crippen LogP contribution in [0.5, 0.6) is 11.5 Å². The number of hydrogen-bond donors (Lipinski definition) is 1. The Morgan fingerprint density at radius 2 is 1.86 bits per heavy atom. The molecule has 0 radical (unpaired) electrons. The molecule has 1 N–H and O–H groups in total. The molecule has 1 aromatic carbocycles. The molecular weight excluding hydrogens is 268 g/mol. The van der Waals surface area contributed by atoms with Crippen LogP contribution in [-0.2, 0) is 4.74 Å². The van der Waals surface area contributed by atoms with E-state index in [0.717, 1.165) is 17.7 Å². The third-order valence-corrected chi connectivity index (χ3v) is 3.70. The zero-order chi connectivity index (χ0) is 14.9. The van der Waals surface area contributed by atoms with Crippen LogP contribution < -0.4 is 9.47 Å². The summed E-state index contributed by atoms with van der Waals surface area (Å²) in [4.78, 5) is 0. The number of aliphatic hydroxyl groups is 1. The molecule has 1 aliphatic heterocycles. The summed E-state index contributed by atoms with van der Waals surface area (Å²) in [6.07, 6.45) is 6.86. The van der Waals surface area contributed by atoms with Gasteiger partial charge in [0.25, 0.3) is 0 Å². The van der Waals surface area contributed by atoms with Gasteiger partial charge in [-0.25, -0.2) is 0 Å². The molecule has 1 aromatic rings. The summed E-state index contributed by atoms with van der Waals surface area (Å²) in [5.41, 5.74) is 0.808. The lowest BCUT2D eigenvalue weighted by atomic mass is 10.1. The van der Waals surface area contributed by atoms with Crippen LogP contribution in [-0.4, -0.2) is 25.1 Å². The van der Waals surface area contributed by atoms with Gasteiger partial charge in [-0.1, -0.05) is 45.1 Å². The van der Waals surface area contributed by atoms with Gasteiger partial charge in [0, 0.05) is 6.61 Å². The fourth-order valence-electron chi connectivity index (χ4n) is 2.40. The van der Waals surface area contributed by atoms with E-state index < -0.39 is 6.10 Å². The summed E-state index contributed by atoms with van der Waals surface area (Å²) in [5.74, 6) is 1.43. The third kappa shape index (κ3) is 5.21. The topological polar surface area (TPSA) is 47.9 Å². The summed E-state index contributed by atoms with van der Waals surface area (Å²) in [5, 5.41) is 10.1. The summed E-state index contributed by atoms with van der Waals surface area (Å²) >= 11 is 0. The van der Waals surface area contributed by atoms with Crippen molar-refractivity contribution >= 4 is 0 Å². The third-order valence-electron chi connectivity index (χ3n) is 3.70. The van der Waals surface area contributed by atoms with E-state index in [0.29, 0.717) is 19.0 Å².